The van der Waals surface area contributed by atoms with E-state index in [-0.39, 0.29) is 18.4 Å². The van der Waals surface area contributed by atoms with Crippen molar-refractivity contribution in [3.63, 3.8) is 0 Å². The Balaban J connectivity index is 1.96. The quantitative estimate of drug-likeness (QED) is 0.602. The number of nitriles is 1. The fourth-order valence-electron chi connectivity index (χ4n) is 3.10. The maximum Gasteiger partial charge on any atom is 0.315 e. The second-order valence-corrected chi connectivity index (χ2v) is 8.17. The van der Waals surface area contributed by atoms with Crippen molar-refractivity contribution < 1.29 is 13.9 Å². The van der Waals surface area contributed by atoms with Crippen LogP contribution in [0.15, 0.2) is 57.4 Å². The van der Waals surface area contributed by atoms with Gasteiger partial charge in [0.1, 0.15) is 16.8 Å². The van der Waals surface area contributed by atoms with Gasteiger partial charge in [0.25, 0.3) is 0 Å². The van der Waals surface area contributed by atoms with Crippen LogP contribution in [0.5, 0.6) is 0 Å². The molecule has 0 spiro atoms. The van der Waals surface area contributed by atoms with E-state index in [4.69, 9.17) is 4.74 Å². The third-order valence-corrected chi connectivity index (χ3v) is 6.42. The Morgan fingerprint density at radius 1 is 1.36 bits per heavy atom. The standard InChI is InChI=1S/C21H19FN2O2S2/c1-3-26-21(25)18-13(2)24-20(28-12-14-6-8-15(22)9-7-14)16(11-23)19(18)17-5-4-10-27-17/h4-10,18-19H,3,12H2,1-2H3/t18?,19-/m0/s1. The average Bonchev–Trinajstić information content (AvgIpc) is 3.21. The number of benzene rings is 1. The highest BCUT2D eigenvalue weighted by atomic mass is 32.2. The lowest BCUT2D eigenvalue weighted by Gasteiger charge is -2.29. The first-order valence-electron chi connectivity index (χ1n) is 8.81. The lowest BCUT2D eigenvalue weighted by Crippen LogP contribution is -2.33. The fourth-order valence-corrected chi connectivity index (χ4v) is 5.01. The first-order chi connectivity index (χ1) is 13.5. The van der Waals surface area contributed by atoms with Crippen LogP contribution in [-0.4, -0.2) is 18.3 Å². The molecule has 1 unspecified atom stereocenters. The van der Waals surface area contributed by atoms with Crippen LogP contribution in [0.1, 0.15) is 30.2 Å². The molecule has 2 atom stereocenters. The number of esters is 1. The molecule has 0 bridgehead atoms. The van der Waals surface area contributed by atoms with E-state index >= 15 is 0 Å². The summed E-state index contributed by atoms with van der Waals surface area (Å²) in [6.07, 6.45) is 0. The summed E-state index contributed by atoms with van der Waals surface area (Å²) in [6, 6.07) is 12.4. The van der Waals surface area contributed by atoms with E-state index < -0.39 is 11.8 Å². The lowest BCUT2D eigenvalue weighted by molar-refractivity contribution is -0.145. The minimum atomic E-state index is -0.608. The summed E-state index contributed by atoms with van der Waals surface area (Å²) in [5.41, 5.74) is 2.04. The third kappa shape index (κ3) is 4.34. The van der Waals surface area contributed by atoms with Crippen LogP contribution in [0.3, 0.4) is 0 Å². The van der Waals surface area contributed by atoms with Crippen molar-refractivity contribution in [1.29, 1.82) is 5.26 Å². The molecular formula is C21H19FN2O2S2. The predicted octanol–water partition coefficient (Wildman–Crippen LogP) is 5.29. The maximum atomic E-state index is 13.1. The molecule has 144 valence electrons. The summed E-state index contributed by atoms with van der Waals surface area (Å²) >= 11 is 2.93. The van der Waals surface area contributed by atoms with Crippen LogP contribution in [0.4, 0.5) is 4.39 Å². The second kappa shape index (κ2) is 9.18. The van der Waals surface area contributed by atoms with Gasteiger partial charge in [-0.1, -0.05) is 18.2 Å². The Morgan fingerprint density at radius 2 is 2.11 bits per heavy atom. The van der Waals surface area contributed by atoms with Crippen LogP contribution < -0.4 is 0 Å². The number of rotatable bonds is 6. The van der Waals surface area contributed by atoms with Crippen LogP contribution >= 0.6 is 23.1 Å². The number of halogens is 1. The minimum Gasteiger partial charge on any atom is -0.465 e. The Bertz CT molecular complexity index is 944. The summed E-state index contributed by atoms with van der Waals surface area (Å²) in [7, 11) is 0. The van der Waals surface area contributed by atoms with Gasteiger partial charge >= 0.3 is 5.97 Å². The van der Waals surface area contributed by atoms with Crippen molar-refractivity contribution in [3.8, 4) is 6.07 Å². The van der Waals surface area contributed by atoms with Crippen molar-refractivity contribution in [2.75, 3.05) is 6.61 Å². The zero-order valence-corrected chi connectivity index (χ0v) is 17.1. The van der Waals surface area contributed by atoms with Gasteiger partial charge in [0.15, 0.2) is 0 Å². The molecule has 0 amide bonds. The van der Waals surface area contributed by atoms with Gasteiger partial charge < -0.3 is 4.74 Å². The lowest BCUT2D eigenvalue weighted by atomic mass is 9.81. The molecule has 3 rings (SSSR count). The molecule has 1 aromatic heterocycles. The van der Waals surface area contributed by atoms with E-state index in [1.165, 1.54) is 35.2 Å². The van der Waals surface area contributed by atoms with E-state index in [9.17, 15) is 14.4 Å². The minimum absolute atomic E-state index is 0.275. The van der Waals surface area contributed by atoms with E-state index in [1.807, 2.05) is 17.5 Å². The van der Waals surface area contributed by atoms with Gasteiger partial charge in [-0.3, -0.25) is 4.79 Å². The van der Waals surface area contributed by atoms with Crippen LogP contribution in [0.25, 0.3) is 0 Å². The highest BCUT2D eigenvalue weighted by molar-refractivity contribution is 8.02. The number of carbonyl (C=O) groups excluding carboxylic acids is 1. The van der Waals surface area contributed by atoms with Gasteiger partial charge in [0.2, 0.25) is 0 Å². The van der Waals surface area contributed by atoms with Crippen LogP contribution in [0, 0.1) is 23.1 Å². The van der Waals surface area contributed by atoms with E-state index in [1.54, 1.807) is 26.0 Å². The number of thioether (sulfide) groups is 1. The van der Waals surface area contributed by atoms with Crippen molar-refractivity contribution in [2.24, 2.45) is 10.9 Å². The molecule has 1 aliphatic heterocycles. The maximum absolute atomic E-state index is 13.1. The summed E-state index contributed by atoms with van der Waals surface area (Å²) in [5, 5.41) is 12.4. The second-order valence-electron chi connectivity index (χ2n) is 6.22. The molecule has 0 saturated carbocycles. The topological polar surface area (TPSA) is 62.4 Å². The summed E-state index contributed by atoms with van der Waals surface area (Å²) < 4.78 is 18.4. The number of allylic oxidation sites excluding steroid dienone is 1. The van der Waals surface area contributed by atoms with E-state index in [0.717, 1.165) is 10.4 Å². The highest BCUT2D eigenvalue weighted by Crippen LogP contribution is 2.44. The van der Waals surface area contributed by atoms with Crippen LogP contribution in [0.2, 0.25) is 0 Å². The van der Waals surface area contributed by atoms with Gasteiger partial charge in [0, 0.05) is 22.3 Å². The van der Waals surface area contributed by atoms with Crippen molar-refractivity contribution in [3.05, 3.63) is 68.6 Å². The number of ether oxygens (including phenoxy) is 1. The smallest absolute Gasteiger partial charge is 0.315 e. The highest BCUT2D eigenvalue weighted by Gasteiger charge is 2.40. The molecule has 0 saturated heterocycles. The molecule has 0 radical (unpaired) electrons. The van der Waals surface area contributed by atoms with Gasteiger partial charge in [-0.05, 0) is 43.0 Å². The summed E-state index contributed by atoms with van der Waals surface area (Å²) in [4.78, 5) is 18.1. The Hall–Kier alpha value is -2.43. The summed E-state index contributed by atoms with van der Waals surface area (Å²) in [6.45, 7) is 3.84. The molecule has 1 aliphatic rings. The molecule has 0 N–H and O–H groups in total. The Labute approximate surface area is 171 Å². The molecule has 4 nitrogen and oxygen atoms in total. The zero-order chi connectivity index (χ0) is 20.1. The normalized spacial score (nSPS) is 19.1. The first kappa shape index (κ1) is 20.3. The average molecular weight is 415 g/mol. The SMILES string of the molecule is CCOC(=O)C1C(C)=NC(SCc2ccc(F)cc2)=C(C#N)[C@H]1c1cccs1. The number of hydrogen-bond donors (Lipinski definition) is 0. The molecule has 2 heterocycles. The summed E-state index contributed by atoms with van der Waals surface area (Å²) in [5.74, 6) is -1.11. The van der Waals surface area contributed by atoms with E-state index in [2.05, 4.69) is 11.1 Å². The van der Waals surface area contributed by atoms with Crippen molar-refractivity contribution in [1.82, 2.24) is 0 Å². The first-order valence-corrected chi connectivity index (χ1v) is 10.7. The predicted molar refractivity (Wildman–Crippen MR) is 111 cm³/mol. The van der Waals surface area contributed by atoms with E-state index in [0.29, 0.717) is 22.1 Å². The number of thiophene rings is 1. The van der Waals surface area contributed by atoms with Crippen molar-refractivity contribution in [2.45, 2.75) is 25.5 Å². The monoisotopic (exact) mass is 414 g/mol. The molecule has 7 heteroatoms. The zero-order valence-electron chi connectivity index (χ0n) is 15.5. The van der Waals surface area contributed by atoms with Crippen LogP contribution in [-0.2, 0) is 15.3 Å². The molecule has 0 fully saturated rings. The fraction of sp³-hybridized carbons (Fsp3) is 0.286. The number of hydrogen-bond acceptors (Lipinski definition) is 6. The number of aliphatic imine (C=N–C) groups is 1. The van der Waals surface area contributed by atoms with Gasteiger partial charge in [-0.2, -0.15) is 5.26 Å². The number of carbonyl (C=O) groups is 1. The Morgan fingerprint density at radius 3 is 2.71 bits per heavy atom. The number of nitrogens with zero attached hydrogens (tertiary/aromatic N) is 2. The molecule has 28 heavy (non-hydrogen) atoms. The molecular weight excluding hydrogens is 395 g/mol. The van der Waals surface area contributed by atoms with Gasteiger partial charge in [-0.25, -0.2) is 9.38 Å². The molecule has 2 aromatic rings. The molecule has 1 aromatic carbocycles. The van der Waals surface area contributed by atoms with Gasteiger partial charge in [-0.15, -0.1) is 23.1 Å². The Kier molecular flexibility index (Phi) is 6.65. The van der Waals surface area contributed by atoms with Crippen molar-refractivity contribution >= 4 is 34.8 Å². The molecule has 0 aliphatic carbocycles. The van der Waals surface area contributed by atoms with Gasteiger partial charge in [0.05, 0.1) is 18.2 Å². The third-order valence-electron chi connectivity index (χ3n) is 4.40. The largest absolute Gasteiger partial charge is 0.465 e.